The maximum absolute atomic E-state index is 13.5. The lowest BCUT2D eigenvalue weighted by Gasteiger charge is -2.44. The molecule has 1 amide bonds. The lowest BCUT2D eigenvalue weighted by molar-refractivity contribution is -0.165. The van der Waals surface area contributed by atoms with E-state index in [-0.39, 0.29) is 11.6 Å². The number of hydrogen-bond donors (Lipinski definition) is 1. The lowest BCUT2D eigenvalue weighted by Crippen LogP contribution is -2.60. The molecule has 2 aromatic carbocycles. The molecule has 2 aliphatic rings. The number of nitrogens with zero attached hydrogens (tertiary/aromatic N) is 2. The van der Waals surface area contributed by atoms with E-state index in [0.29, 0.717) is 32.5 Å². The largest absolute Gasteiger partial charge is 0.437 e. The van der Waals surface area contributed by atoms with Crippen LogP contribution >= 0.6 is 0 Å². The van der Waals surface area contributed by atoms with Gasteiger partial charge in [0.1, 0.15) is 11.6 Å². The van der Waals surface area contributed by atoms with Crippen molar-refractivity contribution >= 4 is 11.7 Å². The van der Waals surface area contributed by atoms with Crippen molar-refractivity contribution in [2.75, 3.05) is 26.2 Å². The summed E-state index contributed by atoms with van der Waals surface area (Å²) in [6.45, 7) is 6.45. The van der Waals surface area contributed by atoms with E-state index in [1.54, 1.807) is 31.2 Å². The molecule has 2 aromatic rings. The van der Waals surface area contributed by atoms with Crippen LogP contribution in [-0.4, -0.2) is 58.5 Å². The Morgan fingerprint density at radius 2 is 1.54 bits per heavy atom. The Morgan fingerprint density at radius 1 is 1.00 bits per heavy atom. The molecule has 0 aromatic heterocycles. The van der Waals surface area contributed by atoms with E-state index in [0.717, 1.165) is 42.5 Å². The number of piperidine rings is 1. The third-order valence-electron chi connectivity index (χ3n) is 7.40. The van der Waals surface area contributed by atoms with Crippen molar-refractivity contribution in [3.63, 3.8) is 0 Å². The Morgan fingerprint density at radius 3 is 2.06 bits per heavy atom. The molecule has 4 rings (SSSR count). The van der Waals surface area contributed by atoms with E-state index in [9.17, 15) is 18.7 Å². The van der Waals surface area contributed by atoms with Crippen LogP contribution in [0.3, 0.4) is 0 Å². The monoisotopic (exact) mass is 484 g/mol. The first-order valence-corrected chi connectivity index (χ1v) is 12.4. The fourth-order valence-electron chi connectivity index (χ4n) is 5.13. The summed E-state index contributed by atoms with van der Waals surface area (Å²) in [5.74, 6) is -0.600. The van der Waals surface area contributed by atoms with Gasteiger partial charge in [-0.2, -0.15) is 0 Å². The highest BCUT2D eigenvalue weighted by molar-refractivity contribution is 5.79. The van der Waals surface area contributed by atoms with E-state index < -0.39 is 17.4 Å². The van der Waals surface area contributed by atoms with Gasteiger partial charge in [0.2, 0.25) is 0 Å². The van der Waals surface area contributed by atoms with Crippen molar-refractivity contribution in [3.8, 4) is 0 Å². The second-order valence-corrected chi connectivity index (χ2v) is 9.65. The van der Waals surface area contributed by atoms with Gasteiger partial charge in [0.05, 0.1) is 0 Å². The standard InChI is InChI=1S/C28H34F2N2O3/c1-3-4-18-32-26(33)35-28(27(32,2)34)15-19-31(20-16-28)17-5-6-25(21-7-11-23(29)12-8-21)22-9-13-24(30)14-10-22/h6-14,34H,3-5,15-20H2,1-2H3. The number of ether oxygens (including phenoxy) is 1. The quantitative estimate of drug-likeness (QED) is 0.531. The first-order chi connectivity index (χ1) is 16.8. The van der Waals surface area contributed by atoms with Gasteiger partial charge in [0.15, 0.2) is 11.3 Å². The van der Waals surface area contributed by atoms with Gasteiger partial charge >= 0.3 is 6.09 Å². The molecule has 1 spiro atoms. The fourth-order valence-corrected chi connectivity index (χ4v) is 5.13. The van der Waals surface area contributed by atoms with Crippen LogP contribution < -0.4 is 0 Å². The molecule has 188 valence electrons. The topological polar surface area (TPSA) is 53.0 Å². The maximum Gasteiger partial charge on any atom is 0.412 e. The predicted octanol–water partition coefficient (Wildman–Crippen LogP) is 5.58. The molecule has 1 N–H and O–H groups in total. The second-order valence-electron chi connectivity index (χ2n) is 9.65. The number of rotatable bonds is 8. The first kappa shape index (κ1) is 25.3. The summed E-state index contributed by atoms with van der Waals surface area (Å²) in [6.07, 6.45) is 5.32. The number of halogens is 2. The van der Waals surface area contributed by atoms with Crippen LogP contribution in [0.1, 0.15) is 57.1 Å². The van der Waals surface area contributed by atoms with Crippen LogP contribution in [0.15, 0.2) is 54.6 Å². The Kier molecular flexibility index (Phi) is 7.57. The Balaban J connectivity index is 1.41. The molecule has 0 bridgehead atoms. The first-order valence-electron chi connectivity index (χ1n) is 12.4. The zero-order valence-corrected chi connectivity index (χ0v) is 20.5. The second kappa shape index (κ2) is 10.5. The summed E-state index contributed by atoms with van der Waals surface area (Å²) in [5, 5.41) is 11.3. The van der Waals surface area contributed by atoms with Crippen molar-refractivity contribution < 1.29 is 23.4 Å². The number of carbonyl (C=O) groups excluding carboxylic acids is 1. The highest BCUT2D eigenvalue weighted by Gasteiger charge is 2.62. The molecule has 2 aliphatic heterocycles. The molecule has 35 heavy (non-hydrogen) atoms. The number of benzene rings is 2. The molecule has 2 fully saturated rings. The minimum absolute atomic E-state index is 0.300. The number of amides is 1. The lowest BCUT2D eigenvalue weighted by atomic mass is 9.82. The molecule has 1 unspecified atom stereocenters. The number of hydrogen-bond acceptors (Lipinski definition) is 4. The van der Waals surface area contributed by atoms with E-state index >= 15 is 0 Å². The van der Waals surface area contributed by atoms with E-state index in [1.807, 2.05) is 0 Å². The van der Waals surface area contributed by atoms with Crippen LogP contribution in [0.25, 0.3) is 5.57 Å². The summed E-state index contributed by atoms with van der Waals surface area (Å²) in [7, 11) is 0. The molecule has 2 saturated heterocycles. The average molecular weight is 485 g/mol. The van der Waals surface area contributed by atoms with Crippen molar-refractivity contribution in [3.05, 3.63) is 77.4 Å². The SMILES string of the molecule is CCCCN1C(=O)OC2(CCN(CCC=C(c3ccc(F)cc3)c3ccc(F)cc3)CC2)C1(C)O. The normalized spacial score (nSPS) is 21.9. The molecule has 1 atom stereocenters. The van der Waals surface area contributed by atoms with Crippen LogP contribution in [0.5, 0.6) is 0 Å². The van der Waals surface area contributed by atoms with Gasteiger partial charge < -0.3 is 14.7 Å². The number of aliphatic hydroxyl groups is 1. The smallest absolute Gasteiger partial charge is 0.412 e. The molecule has 7 heteroatoms. The predicted molar refractivity (Wildman–Crippen MR) is 132 cm³/mol. The third kappa shape index (κ3) is 5.26. The van der Waals surface area contributed by atoms with Crippen LogP contribution in [0, 0.1) is 11.6 Å². The number of carbonyl (C=O) groups is 1. The molecule has 0 aliphatic carbocycles. The highest BCUT2D eigenvalue weighted by atomic mass is 19.1. The van der Waals surface area contributed by atoms with Gasteiger partial charge in [0.25, 0.3) is 0 Å². The number of unbranched alkanes of at least 4 members (excludes halogenated alkanes) is 1. The number of likely N-dealkylation sites (tertiary alicyclic amines) is 1. The summed E-state index contributed by atoms with van der Waals surface area (Å²) in [6, 6.07) is 12.6. The summed E-state index contributed by atoms with van der Waals surface area (Å²) < 4.78 is 32.7. The van der Waals surface area contributed by atoms with E-state index in [1.165, 1.54) is 29.2 Å². The van der Waals surface area contributed by atoms with E-state index in [2.05, 4.69) is 17.9 Å². The average Bonchev–Trinajstić information content (AvgIpc) is 3.02. The van der Waals surface area contributed by atoms with Gasteiger partial charge in [-0.15, -0.1) is 0 Å². The molecule has 0 saturated carbocycles. The van der Waals surface area contributed by atoms with E-state index in [4.69, 9.17) is 4.74 Å². The molecular weight excluding hydrogens is 450 g/mol. The van der Waals surface area contributed by atoms with Crippen LogP contribution in [0.2, 0.25) is 0 Å². The van der Waals surface area contributed by atoms with Crippen molar-refractivity contribution in [2.45, 2.75) is 57.3 Å². The van der Waals surface area contributed by atoms with Crippen molar-refractivity contribution in [1.82, 2.24) is 9.80 Å². The minimum atomic E-state index is -1.32. The molecular formula is C28H34F2N2O3. The van der Waals surface area contributed by atoms with Gasteiger partial charge in [-0.25, -0.2) is 13.6 Å². The fraction of sp³-hybridized carbons (Fsp3) is 0.464. The van der Waals surface area contributed by atoms with Gasteiger partial charge in [-0.3, -0.25) is 4.90 Å². The zero-order valence-electron chi connectivity index (χ0n) is 20.5. The molecule has 2 heterocycles. The molecule has 5 nitrogen and oxygen atoms in total. The Bertz CT molecular complexity index is 995. The summed E-state index contributed by atoms with van der Waals surface area (Å²) in [5.41, 5.74) is 0.479. The maximum atomic E-state index is 13.5. The zero-order chi connectivity index (χ0) is 25.1. The van der Waals surface area contributed by atoms with Gasteiger partial charge in [-0.1, -0.05) is 43.7 Å². The Labute approximate surface area is 206 Å². The Hall–Kier alpha value is -2.77. The summed E-state index contributed by atoms with van der Waals surface area (Å²) in [4.78, 5) is 16.3. The third-order valence-corrected chi connectivity index (χ3v) is 7.40. The van der Waals surface area contributed by atoms with Gasteiger partial charge in [-0.05, 0) is 60.7 Å². The van der Waals surface area contributed by atoms with Crippen molar-refractivity contribution in [1.29, 1.82) is 0 Å². The van der Waals surface area contributed by atoms with Crippen molar-refractivity contribution in [2.24, 2.45) is 0 Å². The minimum Gasteiger partial charge on any atom is -0.437 e. The highest BCUT2D eigenvalue weighted by Crippen LogP contribution is 2.44. The summed E-state index contributed by atoms with van der Waals surface area (Å²) >= 11 is 0. The van der Waals surface area contributed by atoms with Gasteiger partial charge in [0, 0.05) is 39.0 Å². The van der Waals surface area contributed by atoms with Crippen LogP contribution in [-0.2, 0) is 4.74 Å². The molecule has 0 radical (unpaired) electrons. The van der Waals surface area contributed by atoms with Crippen LogP contribution in [0.4, 0.5) is 13.6 Å².